The third-order valence-electron chi connectivity index (χ3n) is 3.78. The number of ether oxygens (including phenoxy) is 1. The zero-order valence-corrected chi connectivity index (χ0v) is 16.4. The average Bonchev–Trinajstić information content (AvgIpc) is 2.53. The molecule has 0 aliphatic rings. The molecule has 12 heteroatoms. The number of nitrogens with one attached hydrogen (secondary N) is 2. The number of aromatic amines is 1. The Kier molecular flexibility index (Phi) is 5.95. The van der Waals surface area contributed by atoms with Crippen molar-refractivity contribution in [1.29, 1.82) is 0 Å². The zero-order chi connectivity index (χ0) is 21.4. The van der Waals surface area contributed by atoms with Gasteiger partial charge in [0.1, 0.15) is 0 Å². The largest absolute Gasteiger partial charge is 0.416 e. The third kappa shape index (κ3) is 4.73. The van der Waals surface area contributed by atoms with Gasteiger partial charge in [0.25, 0.3) is 5.56 Å². The molecule has 2 rings (SSSR count). The van der Waals surface area contributed by atoms with E-state index in [9.17, 15) is 31.2 Å². The Morgan fingerprint density at radius 2 is 1.86 bits per heavy atom. The number of fused-ring (bicyclic) bond motifs is 1. The SMILES string of the molecule is CCC(OC(C)C)c1cc2c(=O)n(NS(C)(=O)=O)c(=O)[nH]c2cc1C(F)(F)F. The van der Waals surface area contributed by atoms with Crippen LogP contribution in [0.4, 0.5) is 13.2 Å². The van der Waals surface area contributed by atoms with Gasteiger partial charge in [-0.1, -0.05) is 6.92 Å². The van der Waals surface area contributed by atoms with Crippen molar-refractivity contribution in [2.24, 2.45) is 0 Å². The number of benzene rings is 1. The van der Waals surface area contributed by atoms with Crippen molar-refractivity contribution in [2.45, 2.75) is 45.6 Å². The van der Waals surface area contributed by atoms with Crippen LogP contribution in [0.15, 0.2) is 21.7 Å². The van der Waals surface area contributed by atoms with Gasteiger partial charge in [0.15, 0.2) is 0 Å². The minimum atomic E-state index is -4.76. The van der Waals surface area contributed by atoms with E-state index in [1.807, 2.05) is 0 Å². The zero-order valence-electron chi connectivity index (χ0n) is 15.5. The van der Waals surface area contributed by atoms with E-state index in [0.717, 1.165) is 12.3 Å². The standard InChI is InChI=1S/C16H20F3N3O5S/c1-5-13(27-8(2)3)9-6-10-12(7-11(9)16(17,18)19)20-15(24)22(14(10)23)21-28(4,25)26/h6-8,13,21H,5H2,1-4H3,(H,20,24). The van der Waals surface area contributed by atoms with Crippen molar-refractivity contribution in [3.63, 3.8) is 0 Å². The van der Waals surface area contributed by atoms with Crippen molar-refractivity contribution in [1.82, 2.24) is 9.66 Å². The smallest absolute Gasteiger partial charge is 0.371 e. The second-order valence-electron chi connectivity index (χ2n) is 6.50. The summed E-state index contributed by atoms with van der Waals surface area (Å²) in [5.41, 5.74) is -3.99. The van der Waals surface area contributed by atoms with Crippen LogP contribution in [-0.4, -0.2) is 30.4 Å². The number of rotatable bonds is 6. The summed E-state index contributed by atoms with van der Waals surface area (Å²) in [5, 5.41) is -0.287. The van der Waals surface area contributed by atoms with Gasteiger partial charge in [-0.15, -0.1) is 0 Å². The van der Waals surface area contributed by atoms with Crippen molar-refractivity contribution in [3.05, 3.63) is 44.1 Å². The van der Waals surface area contributed by atoms with Crippen LogP contribution in [0.1, 0.15) is 44.4 Å². The molecular weight excluding hydrogens is 403 g/mol. The number of hydrogen-bond acceptors (Lipinski definition) is 5. The lowest BCUT2D eigenvalue weighted by atomic mass is 9.97. The molecule has 28 heavy (non-hydrogen) atoms. The summed E-state index contributed by atoms with van der Waals surface area (Å²) < 4.78 is 69.3. The van der Waals surface area contributed by atoms with Crippen LogP contribution in [0.5, 0.6) is 0 Å². The van der Waals surface area contributed by atoms with Gasteiger partial charge in [0.2, 0.25) is 10.0 Å². The molecule has 2 aromatic rings. The molecule has 0 fully saturated rings. The van der Waals surface area contributed by atoms with Crippen LogP contribution in [0.3, 0.4) is 0 Å². The molecule has 0 saturated heterocycles. The highest BCUT2D eigenvalue weighted by Gasteiger charge is 2.36. The summed E-state index contributed by atoms with van der Waals surface area (Å²) in [7, 11) is -3.98. The van der Waals surface area contributed by atoms with E-state index in [2.05, 4.69) is 4.98 Å². The molecule has 1 atom stereocenters. The summed E-state index contributed by atoms with van der Waals surface area (Å²) in [5.74, 6) is 0. The molecule has 1 heterocycles. The first-order valence-corrected chi connectivity index (χ1v) is 10.2. The Balaban J connectivity index is 2.87. The molecule has 1 aromatic carbocycles. The van der Waals surface area contributed by atoms with E-state index in [4.69, 9.17) is 4.74 Å². The number of sulfonamides is 1. The molecule has 0 spiro atoms. The van der Waals surface area contributed by atoms with Gasteiger partial charge in [0.05, 0.1) is 34.9 Å². The van der Waals surface area contributed by atoms with Gasteiger partial charge >= 0.3 is 11.9 Å². The fraction of sp³-hybridized carbons (Fsp3) is 0.500. The highest BCUT2D eigenvalue weighted by Crippen LogP contribution is 2.38. The van der Waals surface area contributed by atoms with Crippen LogP contribution in [-0.2, 0) is 20.9 Å². The summed E-state index contributed by atoms with van der Waals surface area (Å²) in [4.78, 5) is 28.4. The quantitative estimate of drug-likeness (QED) is 0.739. The lowest BCUT2D eigenvalue weighted by Gasteiger charge is -2.23. The molecule has 2 N–H and O–H groups in total. The Labute approximate surface area is 158 Å². The number of halogens is 3. The number of hydrogen-bond donors (Lipinski definition) is 2. The second-order valence-corrected chi connectivity index (χ2v) is 8.23. The maximum Gasteiger partial charge on any atom is 0.416 e. The first kappa shape index (κ1) is 22.0. The Morgan fingerprint density at radius 1 is 1.25 bits per heavy atom. The van der Waals surface area contributed by atoms with Gasteiger partial charge in [0, 0.05) is 0 Å². The third-order valence-corrected chi connectivity index (χ3v) is 4.30. The van der Waals surface area contributed by atoms with Crippen molar-refractivity contribution in [3.8, 4) is 0 Å². The first-order valence-electron chi connectivity index (χ1n) is 8.28. The Bertz CT molecular complexity index is 1100. The lowest BCUT2D eigenvalue weighted by Crippen LogP contribution is -2.43. The topological polar surface area (TPSA) is 110 Å². The van der Waals surface area contributed by atoms with E-state index in [1.165, 1.54) is 0 Å². The molecule has 1 aromatic heterocycles. The highest BCUT2D eigenvalue weighted by molar-refractivity contribution is 7.91. The molecule has 1 unspecified atom stereocenters. The van der Waals surface area contributed by atoms with Crippen LogP contribution in [0.2, 0.25) is 0 Å². The first-order chi connectivity index (χ1) is 12.7. The van der Waals surface area contributed by atoms with Gasteiger partial charge in [-0.05, 0) is 38.0 Å². The minimum Gasteiger partial charge on any atom is -0.371 e. The second kappa shape index (κ2) is 7.59. The summed E-state index contributed by atoms with van der Waals surface area (Å²) in [6.07, 6.45) is -5.16. The van der Waals surface area contributed by atoms with Crippen molar-refractivity contribution in [2.75, 3.05) is 11.1 Å². The molecule has 156 valence electrons. The van der Waals surface area contributed by atoms with E-state index < -0.39 is 39.1 Å². The van der Waals surface area contributed by atoms with Gasteiger partial charge in [-0.2, -0.15) is 17.8 Å². The summed E-state index contributed by atoms with van der Waals surface area (Å²) >= 11 is 0. The van der Waals surface area contributed by atoms with E-state index in [1.54, 1.807) is 25.6 Å². The molecule has 0 amide bonds. The monoisotopic (exact) mass is 423 g/mol. The molecule has 0 radical (unpaired) electrons. The predicted octanol–water partition coefficient (Wildman–Crippen LogP) is 2.09. The summed E-state index contributed by atoms with van der Waals surface area (Å²) in [6, 6.07) is 1.64. The Hall–Kier alpha value is -2.34. The van der Waals surface area contributed by atoms with E-state index in [0.29, 0.717) is 6.07 Å². The molecule has 0 aliphatic heterocycles. The minimum absolute atomic E-state index is 0.193. The Morgan fingerprint density at radius 3 is 2.32 bits per heavy atom. The maximum absolute atomic E-state index is 13.6. The van der Waals surface area contributed by atoms with Crippen molar-refractivity contribution >= 4 is 20.9 Å². The number of H-pyrrole nitrogens is 1. The molecule has 8 nitrogen and oxygen atoms in total. The van der Waals surface area contributed by atoms with Gasteiger partial charge in [-0.25, -0.2) is 18.0 Å². The highest BCUT2D eigenvalue weighted by atomic mass is 32.2. The van der Waals surface area contributed by atoms with E-state index in [-0.39, 0.29) is 33.7 Å². The van der Waals surface area contributed by atoms with Crippen LogP contribution < -0.4 is 16.1 Å². The van der Waals surface area contributed by atoms with Crippen LogP contribution in [0, 0.1) is 0 Å². The average molecular weight is 423 g/mol. The van der Waals surface area contributed by atoms with Gasteiger partial charge in [-0.3, -0.25) is 4.79 Å². The van der Waals surface area contributed by atoms with Crippen LogP contribution in [0.25, 0.3) is 10.9 Å². The van der Waals surface area contributed by atoms with Crippen LogP contribution >= 0.6 is 0 Å². The van der Waals surface area contributed by atoms with Crippen molar-refractivity contribution < 1.29 is 26.3 Å². The predicted molar refractivity (Wildman–Crippen MR) is 97.3 cm³/mol. The fourth-order valence-electron chi connectivity index (χ4n) is 2.76. The molecule has 0 saturated carbocycles. The lowest BCUT2D eigenvalue weighted by molar-refractivity contribution is -0.140. The number of aromatic nitrogens is 2. The fourth-order valence-corrected chi connectivity index (χ4v) is 3.26. The molecular formula is C16H20F3N3O5S. The van der Waals surface area contributed by atoms with E-state index >= 15 is 0 Å². The normalized spacial score (nSPS) is 13.9. The number of nitrogens with zero attached hydrogens (tertiary/aromatic N) is 1. The molecule has 0 aliphatic carbocycles. The van der Waals surface area contributed by atoms with Gasteiger partial charge < -0.3 is 9.72 Å². The molecule has 0 bridgehead atoms. The number of alkyl halides is 3. The maximum atomic E-state index is 13.6. The summed E-state index contributed by atoms with van der Waals surface area (Å²) in [6.45, 7) is 4.96.